The summed E-state index contributed by atoms with van der Waals surface area (Å²) in [6.07, 6.45) is -2.41. The maximum absolute atomic E-state index is 13.7. The number of ether oxygens (including phenoxy) is 1. The number of anilines is 1. The van der Waals surface area contributed by atoms with E-state index in [2.05, 4.69) is 10.1 Å². The van der Waals surface area contributed by atoms with Crippen LogP contribution < -0.4 is 15.0 Å². The molecule has 186 valence electrons. The molecule has 10 heteroatoms. The summed E-state index contributed by atoms with van der Waals surface area (Å²) in [5.41, 5.74) is -0.186. The fourth-order valence-corrected chi connectivity index (χ4v) is 5.73. The van der Waals surface area contributed by atoms with Crippen LogP contribution in [0.25, 0.3) is 0 Å². The summed E-state index contributed by atoms with van der Waals surface area (Å²) in [5, 5.41) is 13.1. The van der Waals surface area contributed by atoms with E-state index in [1.807, 2.05) is 0 Å². The molecule has 1 aliphatic heterocycles. The predicted octanol–water partition coefficient (Wildman–Crippen LogP) is 4.13. The Hall–Kier alpha value is -3.40. The lowest BCUT2D eigenvalue weighted by molar-refractivity contribution is -0.274. The number of carbonyl (C=O) groups is 3. The minimum Gasteiger partial charge on any atom is -0.480 e. The molecule has 35 heavy (non-hydrogen) atoms. The Morgan fingerprint density at radius 2 is 1.83 bits per heavy atom. The number of aliphatic carboxylic acids is 1. The van der Waals surface area contributed by atoms with Gasteiger partial charge in [-0.05, 0) is 61.7 Å². The summed E-state index contributed by atoms with van der Waals surface area (Å²) in [6.45, 7) is 0. The van der Waals surface area contributed by atoms with Crippen molar-refractivity contribution in [3.8, 4) is 5.75 Å². The van der Waals surface area contributed by atoms with Crippen molar-refractivity contribution in [3.63, 3.8) is 0 Å². The number of fused-ring (bicyclic) bond motifs is 2. The number of benzene rings is 2. The molecule has 4 rings (SSSR count). The lowest BCUT2D eigenvalue weighted by Gasteiger charge is -2.49. The summed E-state index contributed by atoms with van der Waals surface area (Å²) in [6, 6.07) is 11.4. The Kier molecular flexibility index (Phi) is 6.59. The van der Waals surface area contributed by atoms with Gasteiger partial charge in [0.25, 0.3) is 5.91 Å². The highest BCUT2D eigenvalue weighted by Crippen LogP contribution is 2.53. The van der Waals surface area contributed by atoms with Crippen molar-refractivity contribution in [1.29, 1.82) is 0 Å². The largest absolute Gasteiger partial charge is 0.573 e. The maximum atomic E-state index is 13.7. The second-order valence-corrected chi connectivity index (χ2v) is 8.84. The molecule has 0 bridgehead atoms. The zero-order valence-corrected chi connectivity index (χ0v) is 18.9. The van der Waals surface area contributed by atoms with E-state index in [1.54, 1.807) is 29.2 Å². The van der Waals surface area contributed by atoms with Crippen LogP contribution in [-0.4, -0.2) is 48.3 Å². The van der Waals surface area contributed by atoms with Crippen molar-refractivity contribution >= 4 is 23.9 Å². The van der Waals surface area contributed by atoms with Crippen molar-refractivity contribution in [3.05, 3.63) is 59.7 Å². The Bertz CT molecular complexity index is 1120. The van der Waals surface area contributed by atoms with Gasteiger partial charge < -0.3 is 24.9 Å². The van der Waals surface area contributed by atoms with E-state index in [0.717, 1.165) is 18.6 Å². The van der Waals surface area contributed by atoms with Crippen molar-refractivity contribution in [2.24, 2.45) is 5.92 Å². The standard InChI is InChI=1S/C25H25F3N2O5/c1-29-24(13-14-31,23(33)34)21-17-5-2-3-7-19(17)30(20-8-4-6-18(20)21)22(32)15-9-11-16(12-10-15)35-25(26,27)28/h2-3,5,7,9-12,14,18,20-21,29H,4,6,8,13H2,1H3,(H,33,34). The van der Waals surface area contributed by atoms with Crippen LogP contribution >= 0.6 is 0 Å². The van der Waals surface area contributed by atoms with Crippen LogP contribution in [0, 0.1) is 5.92 Å². The third-order valence-corrected chi connectivity index (χ3v) is 7.14. The second-order valence-electron chi connectivity index (χ2n) is 8.84. The number of carbonyl (C=O) groups excluding carboxylic acids is 2. The van der Waals surface area contributed by atoms with Crippen molar-refractivity contribution < 1.29 is 37.4 Å². The molecule has 0 spiro atoms. The monoisotopic (exact) mass is 490 g/mol. The Labute approximate surface area is 199 Å². The van der Waals surface area contributed by atoms with Gasteiger partial charge in [-0.25, -0.2) is 0 Å². The van der Waals surface area contributed by atoms with Gasteiger partial charge in [-0.15, -0.1) is 13.2 Å². The number of carboxylic acid groups (broad SMARTS) is 1. The zero-order chi connectivity index (χ0) is 25.4. The SMILES string of the molecule is CNC(CC=O)(C(=O)O)C1c2ccccc2N(C(=O)c2ccc(OC(F)(F)F)cc2)C2CCCC21. The van der Waals surface area contributed by atoms with Gasteiger partial charge in [0.15, 0.2) is 0 Å². The van der Waals surface area contributed by atoms with E-state index in [0.29, 0.717) is 30.4 Å². The molecule has 2 aromatic rings. The molecule has 1 saturated carbocycles. The van der Waals surface area contributed by atoms with Gasteiger partial charge in [-0.2, -0.15) is 0 Å². The molecular formula is C25H25F3N2O5. The average Bonchev–Trinajstić information content (AvgIpc) is 3.29. The molecule has 1 heterocycles. The van der Waals surface area contributed by atoms with E-state index >= 15 is 0 Å². The summed E-state index contributed by atoms with van der Waals surface area (Å²) in [7, 11) is 1.52. The number of amides is 1. The van der Waals surface area contributed by atoms with Crippen LogP contribution in [0.3, 0.4) is 0 Å². The number of carboxylic acids is 1. The van der Waals surface area contributed by atoms with Crippen LogP contribution in [0.4, 0.5) is 18.9 Å². The van der Waals surface area contributed by atoms with Crippen molar-refractivity contribution in [2.75, 3.05) is 11.9 Å². The minimum absolute atomic E-state index is 0.185. The highest BCUT2D eigenvalue weighted by Gasteiger charge is 2.56. The third kappa shape index (κ3) is 4.38. The molecule has 1 aliphatic carbocycles. The van der Waals surface area contributed by atoms with E-state index in [9.17, 15) is 32.7 Å². The highest BCUT2D eigenvalue weighted by atomic mass is 19.4. The summed E-state index contributed by atoms with van der Waals surface area (Å²) in [5.74, 6) is -2.76. The maximum Gasteiger partial charge on any atom is 0.573 e. The van der Waals surface area contributed by atoms with Crippen LogP contribution in [0.5, 0.6) is 5.75 Å². The number of nitrogens with zero attached hydrogens (tertiary/aromatic N) is 1. The number of nitrogens with one attached hydrogen (secondary N) is 1. The predicted molar refractivity (Wildman–Crippen MR) is 120 cm³/mol. The Morgan fingerprint density at radius 1 is 1.14 bits per heavy atom. The number of para-hydroxylation sites is 1. The first-order chi connectivity index (χ1) is 16.6. The first-order valence-corrected chi connectivity index (χ1v) is 11.3. The lowest BCUT2D eigenvalue weighted by Crippen LogP contribution is -2.61. The van der Waals surface area contributed by atoms with Crippen LogP contribution in [0.15, 0.2) is 48.5 Å². The van der Waals surface area contributed by atoms with Crippen LogP contribution in [0.1, 0.15) is 47.5 Å². The van der Waals surface area contributed by atoms with Gasteiger partial charge in [0.1, 0.15) is 17.6 Å². The molecular weight excluding hydrogens is 465 g/mol. The third-order valence-electron chi connectivity index (χ3n) is 7.14. The first kappa shape index (κ1) is 24.7. The zero-order valence-electron chi connectivity index (χ0n) is 18.9. The smallest absolute Gasteiger partial charge is 0.480 e. The van der Waals surface area contributed by atoms with Crippen molar-refractivity contribution in [1.82, 2.24) is 5.32 Å². The van der Waals surface area contributed by atoms with Gasteiger partial charge in [0.05, 0.1) is 0 Å². The number of aldehydes is 1. The fourth-order valence-electron chi connectivity index (χ4n) is 5.73. The van der Waals surface area contributed by atoms with E-state index in [1.165, 1.54) is 19.2 Å². The highest BCUT2D eigenvalue weighted by molar-refractivity contribution is 6.07. The van der Waals surface area contributed by atoms with Crippen LogP contribution in [-0.2, 0) is 9.59 Å². The quantitative estimate of drug-likeness (QED) is 0.567. The molecule has 4 unspecified atom stereocenters. The van der Waals surface area contributed by atoms with Gasteiger partial charge >= 0.3 is 12.3 Å². The minimum atomic E-state index is -4.84. The molecule has 1 amide bonds. The Balaban J connectivity index is 1.78. The number of rotatable bonds is 7. The van der Waals surface area contributed by atoms with Crippen LogP contribution in [0.2, 0.25) is 0 Å². The number of hydrogen-bond donors (Lipinski definition) is 2. The topological polar surface area (TPSA) is 95.9 Å². The molecule has 2 aromatic carbocycles. The fraction of sp³-hybridized carbons (Fsp3) is 0.400. The normalized spacial score (nSPS) is 23.1. The van der Waals surface area contributed by atoms with E-state index < -0.39 is 35.4 Å². The van der Waals surface area contributed by atoms with Gasteiger partial charge in [-0.1, -0.05) is 24.6 Å². The summed E-state index contributed by atoms with van der Waals surface area (Å²) in [4.78, 5) is 39.4. The molecule has 7 nitrogen and oxygen atoms in total. The van der Waals surface area contributed by atoms with E-state index in [4.69, 9.17) is 0 Å². The lowest BCUT2D eigenvalue weighted by atomic mass is 9.65. The molecule has 4 atom stereocenters. The number of halogens is 3. The molecule has 2 aliphatic rings. The van der Waals surface area contributed by atoms with Gasteiger partial charge in [-0.3, -0.25) is 9.59 Å². The van der Waals surface area contributed by atoms with Gasteiger partial charge in [0, 0.05) is 29.6 Å². The molecule has 0 saturated heterocycles. The number of hydrogen-bond acceptors (Lipinski definition) is 5. The Morgan fingerprint density at radius 3 is 2.43 bits per heavy atom. The van der Waals surface area contributed by atoms with Crippen molar-refractivity contribution in [2.45, 2.75) is 49.5 Å². The van der Waals surface area contributed by atoms with Gasteiger partial charge in [0.2, 0.25) is 0 Å². The summed E-state index contributed by atoms with van der Waals surface area (Å²) < 4.78 is 41.4. The van der Waals surface area contributed by atoms with E-state index in [-0.39, 0.29) is 23.9 Å². The number of likely N-dealkylation sites (N-methyl/N-ethyl adjacent to an activating group) is 1. The second kappa shape index (κ2) is 9.33. The molecule has 2 N–H and O–H groups in total. The first-order valence-electron chi connectivity index (χ1n) is 11.3. The molecule has 0 aromatic heterocycles. The molecule has 0 radical (unpaired) electrons. The average molecular weight is 490 g/mol. The molecule has 1 fully saturated rings. The number of alkyl halides is 3. The summed E-state index contributed by atoms with van der Waals surface area (Å²) >= 11 is 0.